The molecule has 0 heterocycles. The van der Waals surface area contributed by atoms with Crippen LogP contribution in [0.15, 0.2) is 24.3 Å². The largest absolute Gasteiger partial charge is 0.349 e. The number of carbonyl (C=O) groups is 1. The van der Waals surface area contributed by atoms with E-state index in [1.807, 2.05) is 38.1 Å². The molecule has 2 nitrogen and oxygen atoms in total. The van der Waals surface area contributed by atoms with Crippen molar-refractivity contribution in [2.75, 3.05) is 0 Å². The van der Waals surface area contributed by atoms with Crippen LogP contribution in [-0.4, -0.2) is 10.7 Å². The molecule has 0 spiro atoms. The van der Waals surface area contributed by atoms with Crippen LogP contribution >= 0.6 is 27.5 Å². The number of amides is 1. The van der Waals surface area contributed by atoms with Crippen molar-refractivity contribution in [1.82, 2.24) is 5.32 Å². The Kier molecular flexibility index (Phi) is 5.29. The summed E-state index contributed by atoms with van der Waals surface area (Å²) >= 11 is 9.37. The highest BCUT2D eigenvalue weighted by Crippen LogP contribution is 2.22. The Balaban J connectivity index is 2.69. The van der Waals surface area contributed by atoms with Gasteiger partial charge in [-0.3, -0.25) is 4.79 Å². The van der Waals surface area contributed by atoms with Crippen LogP contribution in [0.1, 0.15) is 31.9 Å². The molecule has 0 radical (unpaired) electrons. The predicted octanol–water partition coefficient (Wildman–Crippen LogP) is 3.69. The first-order valence-electron chi connectivity index (χ1n) is 5.25. The number of carbonyl (C=O) groups excluding carboxylic acids is 1. The number of rotatable bonds is 4. The lowest BCUT2D eigenvalue weighted by Gasteiger charge is -2.17. The van der Waals surface area contributed by atoms with Gasteiger partial charge in [-0.05, 0) is 25.0 Å². The van der Waals surface area contributed by atoms with E-state index in [0.29, 0.717) is 5.02 Å². The summed E-state index contributed by atoms with van der Waals surface area (Å²) in [5, 5.41) is 3.60. The molecule has 1 amide bonds. The zero-order chi connectivity index (χ0) is 12.1. The number of nitrogens with one attached hydrogen (secondary N) is 1. The second-order valence-corrected chi connectivity index (χ2v) is 5.14. The van der Waals surface area contributed by atoms with Crippen molar-refractivity contribution < 1.29 is 4.79 Å². The molecule has 0 fully saturated rings. The average Bonchev–Trinajstić information content (AvgIpc) is 2.28. The van der Waals surface area contributed by atoms with Crippen molar-refractivity contribution in [3.05, 3.63) is 34.9 Å². The van der Waals surface area contributed by atoms with Gasteiger partial charge in [0.15, 0.2) is 0 Å². The molecule has 1 unspecified atom stereocenters. The maximum atomic E-state index is 11.7. The number of hydrogen-bond donors (Lipinski definition) is 1. The maximum absolute atomic E-state index is 11.7. The van der Waals surface area contributed by atoms with E-state index in [1.54, 1.807) is 0 Å². The molecule has 0 aromatic heterocycles. The smallest absolute Gasteiger partial charge is 0.234 e. The van der Waals surface area contributed by atoms with Gasteiger partial charge in [-0.1, -0.05) is 52.7 Å². The van der Waals surface area contributed by atoms with E-state index < -0.39 is 0 Å². The minimum atomic E-state index is -0.141. The first-order valence-corrected chi connectivity index (χ1v) is 6.54. The van der Waals surface area contributed by atoms with Crippen molar-refractivity contribution in [1.29, 1.82) is 0 Å². The Morgan fingerprint density at radius 3 is 2.69 bits per heavy atom. The molecule has 88 valence electrons. The maximum Gasteiger partial charge on any atom is 0.234 e. The summed E-state index contributed by atoms with van der Waals surface area (Å²) in [5.41, 5.74) is 0.938. The van der Waals surface area contributed by atoms with Crippen LogP contribution in [0.25, 0.3) is 0 Å². The Morgan fingerprint density at radius 2 is 2.12 bits per heavy atom. The molecule has 0 aliphatic heterocycles. The van der Waals surface area contributed by atoms with E-state index in [1.165, 1.54) is 0 Å². The summed E-state index contributed by atoms with van der Waals surface area (Å²) in [5.74, 6) is -0.00470. The molecule has 0 bridgehead atoms. The SMILES string of the molecule is CCC(Br)C(=O)N[C@@H](C)c1ccccc1Cl. The van der Waals surface area contributed by atoms with Crippen LogP contribution in [0.3, 0.4) is 0 Å². The normalized spacial score (nSPS) is 14.2. The lowest BCUT2D eigenvalue weighted by molar-refractivity contribution is -0.121. The second kappa shape index (κ2) is 6.26. The van der Waals surface area contributed by atoms with Gasteiger partial charge in [0.1, 0.15) is 0 Å². The first kappa shape index (κ1) is 13.5. The minimum absolute atomic E-state index is 0.00470. The fourth-order valence-corrected chi connectivity index (χ4v) is 1.82. The second-order valence-electron chi connectivity index (χ2n) is 3.63. The summed E-state index contributed by atoms with van der Waals surface area (Å²) in [7, 11) is 0. The summed E-state index contributed by atoms with van der Waals surface area (Å²) in [6.45, 7) is 3.88. The van der Waals surface area contributed by atoms with Gasteiger partial charge in [-0.15, -0.1) is 0 Å². The van der Waals surface area contributed by atoms with Gasteiger partial charge in [0.25, 0.3) is 0 Å². The average molecular weight is 305 g/mol. The first-order chi connectivity index (χ1) is 7.56. The van der Waals surface area contributed by atoms with E-state index >= 15 is 0 Å². The van der Waals surface area contributed by atoms with Gasteiger partial charge in [0.05, 0.1) is 10.9 Å². The number of hydrogen-bond acceptors (Lipinski definition) is 1. The van der Waals surface area contributed by atoms with E-state index in [4.69, 9.17) is 11.6 Å². The van der Waals surface area contributed by atoms with Crippen molar-refractivity contribution in [2.45, 2.75) is 31.1 Å². The fraction of sp³-hybridized carbons (Fsp3) is 0.417. The quantitative estimate of drug-likeness (QED) is 0.845. The van der Waals surface area contributed by atoms with E-state index in [2.05, 4.69) is 21.2 Å². The van der Waals surface area contributed by atoms with Crippen LogP contribution in [0.5, 0.6) is 0 Å². The van der Waals surface area contributed by atoms with Crippen LogP contribution in [0.4, 0.5) is 0 Å². The molecule has 0 saturated carbocycles. The van der Waals surface area contributed by atoms with Crippen LogP contribution < -0.4 is 5.32 Å². The standard InChI is InChI=1S/C12H15BrClNO/c1-3-10(13)12(16)15-8(2)9-6-4-5-7-11(9)14/h4-8,10H,3H2,1-2H3,(H,15,16)/t8-,10?/m0/s1. The highest BCUT2D eigenvalue weighted by atomic mass is 79.9. The lowest BCUT2D eigenvalue weighted by atomic mass is 10.1. The number of alkyl halides is 1. The Labute approximate surface area is 110 Å². The third-order valence-corrected chi connectivity index (χ3v) is 3.78. The van der Waals surface area contributed by atoms with Crippen LogP contribution in [0, 0.1) is 0 Å². The molecular formula is C12H15BrClNO. The van der Waals surface area contributed by atoms with Crippen LogP contribution in [0.2, 0.25) is 5.02 Å². The van der Waals surface area contributed by atoms with Crippen molar-refractivity contribution >= 4 is 33.4 Å². The Morgan fingerprint density at radius 1 is 1.50 bits per heavy atom. The molecule has 0 saturated heterocycles. The molecule has 1 N–H and O–H groups in total. The Bertz CT molecular complexity index is 370. The topological polar surface area (TPSA) is 29.1 Å². The van der Waals surface area contributed by atoms with Gasteiger partial charge in [0.2, 0.25) is 5.91 Å². The Hall–Kier alpha value is -0.540. The van der Waals surface area contributed by atoms with Crippen molar-refractivity contribution in [3.8, 4) is 0 Å². The van der Waals surface area contributed by atoms with Crippen molar-refractivity contribution in [2.24, 2.45) is 0 Å². The zero-order valence-corrected chi connectivity index (χ0v) is 11.7. The molecule has 2 atom stereocenters. The number of halogens is 2. The lowest BCUT2D eigenvalue weighted by Crippen LogP contribution is -2.32. The summed E-state index contributed by atoms with van der Waals surface area (Å²) in [6.07, 6.45) is 0.765. The van der Waals surface area contributed by atoms with Crippen LogP contribution in [-0.2, 0) is 4.79 Å². The highest BCUT2D eigenvalue weighted by molar-refractivity contribution is 9.10. The molecule has 1 aromatic rings. The third kappa shape index (κ3) is 3.49. The van der Waals surface area contributed by atoms with Gasteiger partial charge in [-0.2, -0.15) is 0 Å². The fourth-order valence-electron chi connectivity index (χ4n) is 1.39. The predicted molar refractivity (Wildman–Crippen MR) is 71.0 cm³/mol. The molecule has 0 aliphatic rings. The van der Waals surface area contributed by atoms with Gasteiger partial charge < -0.3 is 5.32 Å². The molecule has 1 rings (SSSR count). The summed E-state index contributed by atoms with van der Waals surface area (Å²) < 4.78 is 0. The summed E-state index contributed by atoms with van der Waals surface area (Å²) in [4.78, 5) is 11.5. The van der Waals surface area contributed by atoms with Crippen molar-refractivity contribution in [3.63, 3.8) is 0 Å². The van der Waals surface area contributed by atoms with E-state index in [0.717, 1.165) is 12.0 Å². The molecule has 16 heavy (non-hydrogen) atoms. The van der Waals surface area contributed by atoms with E-state index in [9.17, 15) is 4.79 Å². The minimum Gasteiger partial charge on any atom is -0.349 e. The number of benzene rings is 1. The monoisotopic (exact) mass is 303 g/mol. The van der Waals surface area contributed by atoms with Gasteiger partial charge in [0, 0.05) is 5.02 Å². The molecule has 0 aliphatic carbocycles. The summed E-state index contributed by atoms with van der Waals surface area (Å²) in [6, 6.07) is 7.45. The molecule has 4 heteroatoms. The molecule has 1 aromatic carbocycles. The third-order valence-electron chi connectivity index (χ3n) is 2.37. The zero-order valence-electron chi connectivity index (χ0n) is 9.34. The molecular weight excluding hydrogens is 289 g/mol. The van der Waals surface area contributed by atoms with Gasteiger partial charge >= 0.3 is 0 Å². The highest BCUT2D eigenvalue weighted by Gasteiger charge is 2.16. The van der Waals surface area contributed by atoms with Gasteiger partial charge in [-0.25, -0.2) is 0 Å². The van der Waals surface area contributed by atoms with E-state index in [-0.39, 0.29) is 16.8 Å².